The summed E-state index contributed by atoms with van der Waals surface area (Å²) in [5, 5.41) is 0.687. The molecule has 0 N–H and O–H groups in total. The number of benzene rings is 2. The van der Waals surface area contributed by atoms with Crippen molar-refractivity contribution < 1.29 is 18.7 Å². The number of hydrogen-bond acceptors (Lipinski definition) is 5. The lowest BCUT2D eigenvalue weighted by atomic mass is 10.2. The van der Waals surface area contributed by atoms with Crippen molar-refractivity contribution in [2.24, 2.45) is 0 Å². The highest BCUT2D eigenvalue weighted by atomic mass is 16.5. The van der Waals surface area contributed by atoms with E-state index in [9.17, 15) is 9.59 Å². The molecule has 5 heteroatoms. The summed E-state index contributed by atoms with van der Waals surface area (Å²) < 4.78 is 16.1. The van der Waals surface area contributed by atoms with E-state index in [1.165, 1.54) is 18.9 Å². The number of rotatable bonds is 8. The summed E-state index contributed by atoms with van der Waals surface area (Å²) in [6, 6.07) is 14.7. The van der Waals surface area contributed by atoms with Crippen LogP contribution in [0.25, 0.3) is 11.0 Å². The highest BCUT2D eigenvalue weighted by Gasteiger charge is 2.10. The molecule has 0 saturated carbocycles. The number of ether oxygens (including phenoxy) is 2. The van der Waals surface area contributed by atoms with Gasteiger partial charge in [-0.25, -0.2) is 9.59 Å². The first-order valence-corrected chi connectivity index (χ1v) is 9.14. The Bertz CT molecular complexity index is 956. The lowest BCUT2D eigenvalue weighted by molar-refractivity contribution is 0.0735. The zero-order valence-electron chi connectivity index (χ0n) is 15.3. The van der Waals surface area contributed by atoms with Gasteiger partial charge < -0.3 is 13.9 Å². The average Bonchev–Trinajstić information content (AvgIpc) is 2.68. The van der Waals surface area contributed by atoms with Crippen LogP contribution in [0.3, 0.4) is 0 Å². The number of carbonyl (C=O) groups excluding carboxylic acids is 1. The van der Waals surface area contributed by atoms with Crippen molar-refractivity contribution in [2.75, 3.05) is 6.61 Å². The van der Waals surface area contributed by atoms with Crippen molar-refractivity contribution >= 4 is 16.9 Å². The van der Waals surface area contributed by atoms with Crippen molar-refractivity contribution in [3.63, 3.8) is 0 Å². The highest BCUT2D eigenvalue weighted by molar-refractivity contribution is 5.91. The molecule has 0 amide bonds. The Hall–Kier alpha value is -3.08. The zero-order chi connectivity index (χ0) is 19.1. The van der Waals surface area contributed by atoms with Crippen LogP contribution in [0, 0.1) is 0 Å². The molecule has 0 radical (unpaired) electrons. The third kappa shape index (κ3) is 5.20. The summed E-state index contributed by atoms with van der Waals surface area (Å²) in [5.74, 6) is 0.669. The normalized spacial score (nSPS) is 10.7. The quantitative estimate of drug-likeness (QED) is 0.244. The largest absolute Gasteiger partial charge is 0.494 e. The van der Waals surface area contributed by atoms with Gasteiger partial charge in [0.05, 0.1) is 12.2 Å². The molecule has 1 heterocycles. The molecule has 5 nitrogen and oxygen atoms in total. The van der Waals surface area contributed by atoms with Gasteiger partial charge in [-0.2, -0.15) is 0 Å². The van der Waals surface area contributed by atoms with E-state index < -0.39 is 11.6 Å². The van der Waals surface area contributed by atoms with Crippen molar-refractivity contribution in [3.05, 3.63) is 70.6 Å². The van der Waals surface area contributed by atoms with Crippen LogP contribution in [-0.2, 0) is 0 Å². The lowest BCUT2D eigenvalue weighted by Crippen LogP contribution is -2.08. The van der Waals surface area contributed by atoms with Gasteiger partial charge in [0.1, 0.15) is 17.1 Å². The number of fused-ring (bicyclic) bond motifs is 1. The zero-order valence-corrected chi connectivity index (χ0v) is 15.3. The summed E-state index contributed by atoms with van der Waals surface area (Å²) in [6.07, 6.45) is 4.60. The molecule has 2 aromatic carbocycles. The van der Waals surface area contributed by atoms with Crippen LogP contribution in [0.5, 0.6) is 11.5 Å². The molecule has 140 valence electrons. The Kier molecular flexibility index (Phi) is 6.26. The van der Waals surface area contributed by atoms with Crippen molar-refractivity contribution in [1.82, 2.24) is 0 Å². The molecule has 0 fully saturated rings. The molecule has 0 spiro atoms. The maximum atomic E-state index is 12.3. The molecule has 0 aliphatic heterocycles. The van der Waals surface area contributed by atoms with Gasteiger partial charge in [-0.15, -0.1) is 0 Å². The van der Waals surface area contributed by atoms with Crippen LogP contribution in [-0.4, -0.2) is 12.6 Å². The minimum Gasteiger partial charge on any atom is -0.494 e. The summed E-state index contributed by atoms with van der Waals surface area (Å²) in [7, 11) is 0. The maximum Gasteiger partial charge on any atom is 0.343 e. The van der Waals surface area contributed by atoms with Crippen molar-refractivity contribution in [2.45, 2.75) is 32.6 Å². The van der Waals surface area contributed by atoms with Crippen LogP contribution < -0.4 is 15.1 Å². The van der Waals surface area contributed by atoms with E-state index >= 15 is 0 Å². The summed E-state index contributed by atoms with van der Waals surface area (Å²) >= 11 is 0. The third-order valence-electron chi connectivity index (χ3n) is 4.16. The second-order valence-corrected chi connectivity index (χ2v) is 6.28. The lowest BCUT2D eigenvalue weighted by Gasteiger charge is -2.08. The fraction of sp³-hybridized carbons (Fsp3) is 0.273. The molecule has 0 atom stereocenters. The molecule has 0 saturated heterocycles. The van der Waals surface area contributed by atoms with E-state index in [2.05, 4.69) is 6.92 Å². The van der Waals surface area contributed by atoms with E-state index in [-0.39, 0.29) is 0 Å². The number of esters is 1. The van der Waals surface area contributed by atoms with Crippen LogP contribution in [0.4, 0.5) is 0 Å². The first-order valence-electron chi connectivity index (χ1n) is 9.14. The van der Waals surface area contributed by atoms with Gasteiger partial charge in [0.15, 0.2) is 0 Å². The molecule has 0 unspecified atom stereocenters. The summed E-state index contributed by atoms with van der Waals surface area (Å²) in [5.41, 5.74) is 0.468. The Morgan fingerprint density at radius 3 is 2.48 bits per heavy atom. The topological polar surface area (TPSA) is 65.7 Å². The van der Waals surface area contributed by atoms with Gasteiger partial charge in [-0.1, -0.05) is 26.2 Å². The highest BCUT2D eigenvalue weighted by Crippen LogP contribution is 2.21. The van der Waals surface area contributed by atoms with Gasteiger partial charge in [0.25, 0.3) is 0 Å². The molecule has 0 aliphatic carbocycles. The first-order chi connectivity index (χ1) is 13.2. The van der Waals surface area contributed by atoms with Crippen LogP contribution in [0.2, 0.25) is 0 Å². The van der Waals surface area contributed by atoms with Gasteiger partial charge >= 0.3 is 11.6 Å². The van der Waals surface area contributed by atoms with E-state index in [1.807, 2.05) is 0 Å². The maximum absolute atomic E-state index is 12.3. The number of unbranched alkanes of at least 4 members (excludes halogenated alkanes) is 3. The van der Waals surface area contributed by atoms with E-state index in [1.54, 1.807) is 48.5 Å². The average molecular weight is 366 g/mol. The second-order valence-electron chi connectivity index (χ2n) is 6.28. The van der Waals surface area contributed by atoms with E-state index in [0.717, 1.165) is 18.6 Å². The van der Waals surface area contributed by atoms with Crippen molar-refractivity contribution in [1.29, 1.82) is 0 Å². The molecule has 0 aliphatic rings. The molecule has 3 aromatic rings. The smallest absolute Gasteiger partial charge is 0.343 e. The predicted octanol–water partition coefficient (Wildman–Crippen LogP) is 4.97. The first kappa shape index (κ1) is 18.7. The van der Waals surface area contributed by atoms with Crippen molar-refractivity contribution in [3.8, 4) is 11.5 Å². The third-order valence-corrected chi connectivity index (χ3v) is 4.16. The summed E-state index contributed by atoms with van der Waals surface area (Å²) in [6.45, 7) is 2.85. The number of hydrogen-bond donors (Lipinski definition) is 0. The van der Waals surface area contributed by atoms with Gasteiger partial charge in [0, 0.05) is 11.5 Å². The van der Waals surface area contributed by atoms with E-state index in [4.69, 9.17) is 13.9 Å². The Morgan fingerprint density at radius 1 is 0.926 bits per heavy atom. The molecule has 1 aromatic heterocycles. The fourth-order valence-electron chi connectivity index (χ4n) is 2.69. The standard InChI is InChI=1S/C22H22O5/c1-2-3-4-5-14-25-18-9-6-16(7-10-18)22(24)26-19-11-12-20-17(15-19)8-13-21(23)27-20/h6-13,15H,2-5,14H2,1H3. The van der Waals surface area contributed by atoms with Gasteiger partial charge in [-0.3, -0.25) is 0 Å². The van der Waals surface area contributed by atoms with Crippen LogP contribution in [0.1, 0.15) is 43.0 Å². The van der Waals surface area contributed by atoms with Gasteiger partial charge in [0.2, 0.25) is 0 Å². The predicted molar refractivity (Wildman–Crippen MR) is 104 cm³/mol. The fourth-order valence-corrected chi connectivity index (χ4v) is 2.69. The Morgan fingerprint density at radius 2 is 1.70 bits per heavy atom. The monoisotopic (exact) mass is 366 g/mol. The molecular formula is C22H22O5. The van der Waals surface area contributed by atoms with Crippen LogP contribution >= 0.6 is 0 Å². The molecule has 0 bridgehead atoms. The second kappa shape index (κ2) is 9.03. The minimum atomic E-state index is -0.457. The van der Waals surface area contributed by atoms with E-state index in [0.29, 0.717) is 28.9 Å². The molecule has 3 rings (SSSR count). The minimum absolute atomic E-state index is 0.387. The Labute approximate surface area is 157 Å². The molecular weight excluding hydrogens is 344 g/mol. The SMILES string of the molecule is CCCCCCOc1ccc(C(=O)Oc2ccc3oc(=O)ccc3c2)cc1. The van der Waals surface area contributed by atoms with Gasteiger partial charge in [-0.05, 0) is 55.0 Å². The summed E-state index contributed by atoms with van der Waals surface area (Å²) in [4.78, 5) is 23.5. The molecule has 27 heavy (non-hydrogen) atoms. The number of carbonyl (C=O) groups is 1. The van der Waals surface area contributed by atoms with Crippen LogP contribution in [0.15, 0.2) is 63.8 Å². The Balaban J connectivity index is 1.59.